The van der Waals surface area contributed by atoms with E-state index in [0.717, 1.165) is 44.5 Å². The lowest BCUT2D eigenvalue weighted by Gasteiger charge is -2.04. The van der Waals surface area contributed by atoms with Crippen molar-refractivity contribution in [2.24, 2.45) is 5.92 Å². The molecule has 5 heteroatoms. The number of hydrogen-bond donors (Lipinski definition) is 0. The lowest BCUT2D eigenvalue weighted by Crippen LogP contribution is -2.05. The number of aromatic nitrogens is 1. The molecule has 2 heterocycles. The second kappa shape index (κ2) is 8.20. The van der Waals surface area contributed by atoms with Crippen LogP contribution in [0.2, 0.25) is 0 Å². The summed E-state index contributed by atoms with van der Waals surface area (Å²) >= 11 is 0. The highest BCUT2D eigenvalue weighted by Crippen LogP contribution is 2.20. The molecule has 3 rings (SSSR count). The average molecular weight is 331 g/mol. The van der Waals surface area contributed by atoms with Crippen molar-refractivity contribution in [3.63, 3.8) is 0 Å². The van der Waals surface area contributed by atoms with Gasteiger partial charge in [-0.2, -0.15) is 0 Å². The van der Waals surface area contributed by atoms with Crippen molar-refractivity contribution >= 4 is 5.78 Å². The van der Waals surface area contributed by atoms with Gasteiger partial charge in [0.25, 0.3) is 0 Å². The molecule has 0 radical (unpaired) electrons. The van der Waals surface area contributed by atoms with E-state index in [0.29, 0.717) is 30.2 Å². The Balaban J connectivity index is 1.43. The van der Waals surface area contributed by atoms with Gasteiger partial charge >= 0.3 is 0 Å². The van der Waals surface area contributed by atoms with Gasteiger partial charge in [0, 0.05) is 32.1 Å². The molecule has 1 aliphatic heterocycles. The first kappa shape index (κ1) is 16.8. The molecule has 0 amide bonds. The van der Waals surface area contributed by atoms with Crippen molar-refractivity contribution in [3.05, 3.63) is 53.2 Å². The smallest absolute Gasteiger partial charge is 0.184 e. The minimum absolute atomic E-state index is 0.0297. The normalized spacial score (nSPS) is 17.3. The zero-order chi connectivity index (χ0) is 16.8. The Labute approximate surface area is 141 Å². The zero-order valence-electron chi connectivity index (χ0n) is 13.7. The summed E-state index contributed by atoms with van der Waals surface area (Å²) < 4.78 is 23.7. The molecule has 1 aliphatic rings. The molecule has 0 bridgehead atoms. The molecule has 4 nitrogen and oxygen atoms in total. The van der Waals surface area contributed by atoms with Crippen LogP contribution in [0.3, 0.4) is 0 Å². The van der Waals surface area contributed by atoms with Gasteiger partial charge in [0.05, 0.1) is 0 Å². The summed E-state index contributed by atoms with van der Waals surface area (Å²) in [5.41, 5.74) is 1.37. The second-order valence-electron chi connectivity index (χ2n) is 6.35. The first-order valence-corrected chi connectivity index (χ1v) is 8.51. The van der Waals surface area contributed by atoms with E-state index >= 15 is 0 Å². The summed E-state index contributed by atoms with van der Waals surface area (Å²) in [5.74, 6) is 1.01. The zero-order valence-corrected chi connectivity index (χ0v) is 13.7. The molecular formula is C19H22FNO3. The van der Waals surface area contributed by atoms with E-state index in [1.165, 1.54) is 6.07 Å². The van der Waals surface area contributed by atoms with Crippen molar-refractivity contribution in [2.45, 2.75) is 38.5 Å². The molecule has 0 aliphatic carbocycles. The van der Waals surface area contributed by atoms with Crippen LogP contribution in [-0.2, 0) is 17.6 Å². The minimum atomic E-state index is -0.215. The Kier molecular flexibility index (Phi) is 5.75. The van der Waals surface area contributed by atoms with Crippen LogP contribution in [0.15, 0.2) is 34.9 Å². The number of aryl methyl sites for hydroxylation is 2. The summed E-state index contributed by atoms with van der Waals surface area (Å²) in [6.45, 7) is 1.57. The van der Waals surface area contributed by atoms with Gasteiger partial charge < -0.3 is 9.26 Å². The average Bonchev–Trinajstić information content (AvgIpc) is 3.24. The van der Waals surface area contributed by atoms with Crippen molar-refractivity contribution < 1.29 is 18.4 Å². The van der Waals surface area contributed by atoms with Gasteiger partial charge in [-0.1, -0.05) is 17.3 Å². The largest absolute Gasteiger partial charge is 0.381 e. The molecular weight excluding hydrogens is 309 g/mol. The third kappa shape index (κ3) is 4.74. The van der Waals surface area contributed by atoms with E-state index in [1.807, 2.05) is 6.07 Å². The number of ketones is 1. The Morgan fingerprint density at radius 1 is 1.29 bits per heavy atom. The standard InChI is InChI=1S/C19H22FNO3/c20-16-5-1-3-14(11-16)4-2-6-17-12-18(21-24-17)19(22)8-7-15-9-10-23-13-15/h1,3,5,11-12,15H,2,4,6-10,13H2. The summed E-state index contributed by atoms with van der Waals surface area (Å²) in [7, 11) is 0. The number of rotatable bonds is 8. The number of carbonyl (C=O) groups excluding carboxylic acids is 1. The quantitative estimate of drug-likeness (QED) is 0.686. The summed E-state index contributed by atoms with van der Waals surface area (Å²) in [5, 5.41) is 3.89. The summed E-state index contributed by atoms with van der Waals surface area (Å²) in [4.78, 5) is 12.1. The molecule has 0 saturated carbocycles. The van der Waals surface area contributed by atoms with Gasteiger partial charge in [-0.05, 0) is 49.3 Å². The van der Waals surface area contributed by atoms with E-state index < -0.39 is 0 Å². The van der Waals surface area contributed by atoms with Crippen LogP contribution < -0.4 is 0 Å². The minimum Gasteiger partial charge on any atom is -0.381 e. The molecule has 24 heavy (non-hydrogen) atoms. The lowest BCUT2D eigenvalue weighted by molar-refractivity contribution is 0.0962. The van der Waals surface area contributed by atoms with Gasteiger partial charge in [0.1, 0.15) is 17.3 Å². The van der Waals surface area contributed by atoms with E-state index in [-0.39, 0.29) is 11.6 Å². The predicted molar refractivity (Wildman–Crippen MR) is 87.4 cm³/mol. The topological polar surface area (TPSA) is 52.3 Å². The van der Waals surface area contributed by atoms with Gasteiger partial charge in [0.2, 0.25) is 0 Å². The monoisotopic (exact) mass is 331 g/mol. The maximum absolute atomic E-state index is 13.1. The number of nitrogens with zero attached hydrogens (tertiary/aromatic N) is 1. The molecule has 1 unspecified atom stereocenters. The second-order valence-corrected chi connectivity index (χ2v) is 6.35. The molecule has 128 valence electrons. The molecule has 1 saturated heterocycles. The van der Waals surface area contributed by atoms with Crippen LogP contribution in [0.4, 0.5) is 4.39 Å². The summed E-state index contributed by atoms with van der Waals surface area (Å²) in [6, 6.07) is 8.34. The Bertz CT molecular complexity index is 677. The highest BCUT2D eigenvalue weighted by atomic mass is 19.1. The van der Waals surface area contributed by atoms with E-state index in [9.17, 15) is 9.18 Å². The van der Waals surface area contributed by atoms with Gasteiger partial charge in [-0.25, -0.2) is 4.39 Å². The number of carbonyl (C=O) groups is 1. The third-order valence-corrected chi connectivity index (χ3v) is 4.43. The number of halogens is 1. The van der Waals surface area contributed by atoms with Crippen molar-refractivity contribution in [1.29, 1.82) is 0 Å². The predicted octanol–water partition coefficient (Wildman–Crippen LogP) is 3.99. The number of ether oxygens (including phenoxy) is 1. The van der Waals surface area contributed by atoms with Crippen LogP contribution in [0, 0.1) is 11.7 Å². The molecule has 1 fully saturated rings. The fourth-order valence-corrected chi connectivity index (χ4v) is 3.00. The molecule has 0 spiro atoms. The van der Waals surface area contributed by atoms with Crippen LogP contribution in [0.1, 0.15) is 47.5 Å². The Morgan fingerprint density at radius 3 is 3.00 bits per heavy atom. The van der Waals surface area contributed by atoms with Gasteiger partial charge in [-0.15, -0.1) is 0 Å². The fourth-order valence-electron chi connectivity index (χ4n) is 3.00. The SMILES string of the molecule is O=C(CCC1CCOC1)c1cc(CCCc2cccc(F)c2)on1. The van der Waals surface area contributed by atoms with E-state index in [2.05, 4.69) is 5.16 Å². The summed E-state index contributed by atoms with van der Waals surface area (Å²) in [6.07, 6.45) is 4.66. The van der Waals surface area contributed by atoms with Crippen LogP contribution in [0.5, 0.6) is 0 Å². The van der Waals surface area contributed by atoms with Gasteiger partial charge in [0.15, 0.2) is 5.78 Å². The first-order valence-electron chi connectivity index (χ1n) is 8.51. The molecule has 1 aromatic carbocycles. The Morgan fingerprint density at radius 2 is 2.21 bits per heavy atom. The highest BCUT2D eigenvalue weighted by Gasteiger charge is 2.19. The van der Waals surface area contributed by atoms with Crippen LogP contribution >= 0.6 is 0 Å². The van der Waals surface area contributed by atoms with Crippen molar-refractivity contribution in [3.8, 4) is 0 Å². The van der Waals surface area contributed by atoms with Gasteiger partial charge in [-0.3, -0.25) is 4.79 Å². The lowest BCUT2D eigenvalue weighted by atomic mass is 10.00. The molecule has 1 aromatic heterocycles. The van der Waals surface area contributed by atoms with E-state index in [1.54, 1.807) is 18.2 Å². The maximum Gasteiger partial charge on any atom is 0.184 e. The fraction of sp³-hybridized carbons (Fsp3) is 0.474. The molecule has 2 aromatic rings. The number of hydrogen-bond acceptors (Lipinski definition) is 4. The number of Topliss-reactive ketones (excluding diaryl/α,β-unsaturated/α-hetero) is 1. The first-order chi connectivity index (χ1) is 11.7. The molecule has 1 atom stereocenters. The van der Waals surface area contributed by atoms with Crippen molar-refractivity contribution in [1.82, 2.24) is 5.16 Å². The Hall–Kier alpha value is -2.01. The van der Waals surface area contributed by atoms with Crippen molar-refractivity contribution in [2.75, 3.05) is 13.2 Å². The number of benzene rings is 1. The van der Waals surface area contributed by atoms with E-state index in [4.69, 9.17) is 9.26 Å². The third-order valence-electron chi connectivity index (χ3n) is 4.43. The molecule has 0 N–H and O–H groups in total. The maximum atomic E-state index is 13.1. The highest BCUT2D eigenvalue weighted by molar-refractivity contribution is 5.94. The van der Waals surface area contributed by atoms with Crippen LogP contribution in [-0.4, -0.2) is 24.2 Å². The van der Waals surface area contributed by atoms with Crippen LogP contribution in [0.25, 0.3) is 0 Å².